The third-order valence-electron chi connectivity index (χ3n) is 2.16. The van der Waals surface area contributed by atoms with Gasteiger partial charge in [0.2, 0.25) is 5.95 Å². The van der Waals surface area contributed by atoms with E-state index in [4.69, 9.17) is 0 Å². The van der Waals surface area contributed by atoms with Crippen LogP contribution in [0.5, 0.6) is 0 Å². The second kappa shape index (κ2) is 4.12. The maximum Gasteiger partial charge on any atom is 0.202 e. The lowest BCUT2D eigenvalue weighted by molar-refractivity contribution is 0.663. The Morgan fingerprint density at radius 1 is 1.40 bits per heavy atom. The van der Waals surface area contributed by atoms with Crippen LogP contribution in [0.4, 0.5) is 5.95 Å². The fourth-order valence-corrected chi connectivity index (χ4v) is 1.44. The van der Waals surface area contributed by atoms with E-state index in [-0.39, 0.29) is 0 Å². The molecular formula is C9H14N6. The van der Waals surface area contributed by atoms with Gasteiger partial charge in [0.05, 0.1) is 0 Å². The Hall–Kier alpha value is -1.85. The molecule has 2 aromatic heterocycles. The maximum absolute atomic E-state index is 4.22. The Balaban J connectivity index is 1.98. The second-order valence-electron chi connectivity index (χ2n) is 3.28. The molecule has 80 valence electrons. The van der Waals surface area contributed by atoms with Crippen LogP contribution in [-0.4, -0.2) is 31.4 Å². The Morgan fingerprint density at radius 3 is 2.93 bits per heavy atom. The van der Waals surface area contributed by atoms with Crippen molar-refractivity contribution in [2.75, 3.05) is 12.4 Å². The SMILES string of the molecule is CNc1nccn1CCc1ncn(C)n1. The average molecular weight is 206 g/mol. The van der Waals surface area contributed by atoms with Crippen molar-refractivity contribution < 1.29 is 0 Å². The normalized spacial score (nSPS) is 10.5. The third-order valence-corrected chi connectivity index (χ3v) is 2.16. The van der Waals surface area contributed by atoms with E-state index < -0.39 is 0 Å². The zero-order valence-corrected chi connectivity index (χ0v) is 8.88. The molecule has 0 saturated carbocycles. The number of hydrogen-bond donors (Lipinski definition) is 1. The Morgan fingerprint density at radius 2 is 2.27 bits per heavy atom. The molecule has 0 spiro atoms. The summed E-state index contributed by atoms with van der Waals surface area (Å²) in [5.41, 5.74) is 0. The van der Waals surface area contributed by atoms with Gasteiger partial charge in [-0.15, -0.1) is 0 Å². The molecule has 0 amide bonds. The second-order valence-corrected chi connectivity index (χ2v) is 3.28. The van der Waals surface area contributed by atoms with Crippen LogP contribution in [0.25, 0.3) is 0 Å². The number of rotatable bonds is 4. The van der Waals surface area contributed by atoms with Gasteiger partial charge in [-0.1, -0.05) is 0 Å². The van der Waals surface area contributed by atoms with E-state index in [9.17, 15) is 0 Å². The van der Waals surface area contributed by atoms with Crippen LogP contribution in [0, 0.1) is 0 Å². The maximum atomic E-state index is 4.22. The molecule has 6 heteroatoms. The Labute approximate surface area is 88.0 Å². The van der Waals surface area contributed by atoms with Gasteiger partial charge in [0.15, 0.2) is 5.82 Å². The molecule has 0 fully saturated rings. The molecule has 0 bridgehead atoms. The van der Waals surface area contributed by atoms with Gasteiger partial charge in [0.1, 0.15) is 6.33 Å². The minimum atomic E-state index is 0.811. The van der Waals surface area contributed by atoms with E-state index in [1.807, 2.05) is 24.9 Å². The van der Waals surface area contributed by atoms with Crippen LogP contribution in [0.1, 0.15) is 5.82 Å². The third kappa shape index (κ3) is 2.15. The molecule has 0 aromatic carbocycles. The van der Waals surface area contributed by atoms with E-state index in [0.717, 1.165) is 24.7 Å². The molecule has 2 heterocycles. The summed E-state index contributed by atoms with van der Waals surface area (Å²) in [5.74, 6) is 1.72. The summed E-state index contributed by atoms with van der Waals surface area (Å²) in [6.07, 6.45) is 6.24. The van der Waals surface area contributed by atoms with Crippen LogP contribution in [0.15, 0.2) is 18.7 Å². The smallest absolute Gasteiger partial charge is 0.202 e. The van der Waals surface area contributed by atoms with Crippen molar-refractivity contribution in [3.63, 3.8) is 0 Å². The summed E-state index contributed by atoms with van der Waals surface area (Å²) in [4.78, 5) is 8.33. The van der Waals surface area contributed by atoms with Crippen molar-refractivity contribution in [1.29, 1.82) is 0 Å². The summed E-state index contributed by atoms with van der Waals surface area (Å²) in [6.45, 7) is 0.834. The molecule has 2 aromatic rings. The first-order valence-corrected chi connectivity index (χ1v) is 4.83. The highest BCUT2D eigenvalue weighted by Gasteiger charge is 2.02. The molecule has 0 atom stereocenters. The van der Waals surface area contributed by atoms with Gasteiger partial charge in [-0.3, -0.25) is 4.68 Å². The molecule has 1 N–H and O–H groups in total. The van der Waals surface area contributed by atoms with E-state index >= 15 is 0 Å². The lowest BCUT2D eigenvalue weighted by atomic mass is 10.4. The molecule has 0 unspecified atom stereocenters. The van der Waals surface area contributed by atoms with Gasteiger partial charge in [-0.25, -0.2) is 9.97 Å². The highest BCUT2D eigenvalue weighted by molar-refractivity contribution is 5.24. The van der Waals surface area contributed by atoms with Gasteiger partial charge < -0.3 is 9.88 Å². The van der Waals surface area contributed by atoms with E-state index in [2.05, 4.69) is 20.4 Å². The topological polar surface area (TPSA) is 60.6 Å². The predicted octanol–water partition coefficient (Wildman–Crippen LogP) is 0.296. The molecular weight excluding hydrogens is 192 g/mol. The largest absolute Gasteiger partial charge is 0.359 e. The van der Waals surface area contributed by atoms with Crippen molar-refractivity contribution in [2.45, 2.75) is 13.0 Å². The van der Waals surface area contributed by atoms with Crippen LogP contribution in [0.3, 0.4) is 0 Å². The van der Waals surface area contributed by atoms with Gasteiger partial charge in [0.25, 0.3) is 0 Å². The molecule has 0 saturated heterocycles. The zero-order chi connectivity index (χ0) is 10.7. The quantitative estimate of drug-likeness (QED) is 0.781. The van der Waals surface area contributed by atoms with Crippen LogP contribution < -0.4 is 5.32 Å². The monoisotopic (exact) mass is 206 g/mol. The molecule has 6 nitrogen and oxygen atoms in total. The first-order chi connectivity index (χ1) is 7.29. The molecule has 0 aliphatic heterocycles. The average Bonchev–Trinajstić information content (AvgIpc) is 2.83. The van der Waals surface area contributed by atoms with E-state index in [1.54, 1.807) is 17.2 Å². The standard InChI is InChI=1S/C9H14N6/c1-10-9-11-4-6-15(9)5-3-8-12-7-14(2)13-8/h4,6-7H,3,5H2,1-2H3,(H,10,11). The number of nitrogens with zero attached hydrogens (tertiary/aromatic N) is 5. The van der Waals surface area contributed by atoms with Gasteiger partial charge in [-0.05, 0) is 0 Å². The van der Waals surface area contributed by atoms with Crippen molar-refractivity contribution in [1.82, 2.24) is 24.3 Å². The molecule has 0 aliphatic carbocycles. The van der Waals surface area contributed by atoms with Crippen LogP contribution >= 0.6 is 0 Å². The Kier molecular flexibility index (Phi) is 2.66. The van der Waals surface area contributed by atoms with E-state index in [0.29, 0.717) is 0 Å². The first kappa shape index (κ1) is 9.70. The number of imidazole rings is 1. The number of nitrogens with one attached hydrogen (secondary N) is 1. The number of hydrogen-bond acceptors (Lipinski definition) is 4. The van der Waals surface area contributed by atoms with Gasteiger partial charge >= 0.3 is 0 Å². The lowest BCUT2D eigenvalue weighted by Crippen LogP contribution is -2.06. The minimum Gasteiger partial charge on any atom is -0.359 e. The summed E-state index contributed by atoms with van der Waals surface area (Å²) >= 11 is 0. The summed E-state index contributed by atoms with van der Waals surface area (Å²) in [7, 11) is 3.73. The molecule has 0 aliphatic rings. The van der Waals surface area contributed by atoms with Crippen molar-refractivity contribution in [3.8, 4) is 0 Å². The van der Waals surface area contributed by atoms with E-state index in [1.165, 1.54) is 0 Å². The van der Waals surface area contributed by atoms with Crippen molar-refractivity contribution >= 4 is 5.95 Å². The highest BCUT2D eigenvalue weighted by atomic mass is 15.3. The zero-order valence-electron chi connectivity index (χ0n) is 8.88. The van der Waals surface area contributed by atoms with Gasteiger partial charge in [-0.2, -0.15) is 5.10 Å². The van der Waals surface area contributed by atoms with Crippen molar-refractivity contribution in [2.24, 2.45) is 7.05 Å². The number of aryl methyl sites for hydroxylation is 3. The summed E-state index contributed by atoms with van der Waals surface area (Å²) in [6, 6.07) is 0. The summed E-state index contributed by atoms with van der Waals surface area (Å²) < 4.78 is 3.75. The number of aromatic nitrogens is 5. The molecule has 0 radical (unpaired) electrons. The molecule has 2 rings (SSSR count). The highest BCUT2D eigenvalue weighted by Crippen LogP contribution is 2.04. The van der Waals surface area contributed by atoms with Crippen molar-refractivity contribution in [3.05, 3.63) is 24.5 Å². The summed E-state index contributed by atoms with van der Waals surface area (Å²) in [5, 5.41) is 7.24. The molecule has 15 heavy (non-hydrogen) atoms. The van der Waals surface area contributed by atoms with Crippen LogP contribution in [-0.2, 0) is 20.0 Å². The first-order valence-electron chi connectivity index (χ1n) is 4.83. The Bertz CT molecular complexity index is 429. The lowest BCUT2D eigenvalue weighted by Gasteiger charge is -2.04. The van der Waals surface area contributed by atoms with Gasteiger partial charge in [0, 0.05) is 39.5 Å². The minimum absolute atomic E-state index is 0.811. The predicted molar refractivity (Wildman–Crippen MR) is 56.5 cm³/mol. The fourth-order valence-electron chi connectivity index (χ4n) is 1.44. The van der Waals surface area contributed by atoms with Crippen LogP contribution in [0.2, 0.25) is 0 Å². The fraction of sp³-hybridized carbons (Fsp3) is 0.444. The number of anilines is 1.